The number of aliphatic hydroxyl groups excluding tert-OH is 1. The molecule has 3 heterocycles. The molecule has 250 valence electrons. The van der Waals surface area contributed by atoms with E-state index in [9.17, 15) is 14.7 Å². The molecule has 2 amide bonds. The third-order valence-corrected chi connectivity index (χ3v) is 15.3. The standard InChI is InChI=1S/C38H49N3O5Si/c1-26-34(18-11-27-9-12-30(13-10-27)40-20-19-39-23-37(40)44)46-35(38(26)47(3,4)33-16-14-32(45-2)15-17-33)22-36(43)41-24-29-8-6-5-7-28(29)21-31(41)25-42/h5-10,12-17,26,31,34-35,38-39,42H,11,18-25H2,1-4H3/t26-,31+,34+,35-,38+/m1/s1. The van der Waals surface area contributed by atoms with Crippen LogP contribution in [-0.2, 0) is 33.7 Å². The number of hydrogen-bond donors (Lipinski definition) is 2. The smallest absolute Gasteiger partial charge is 0.240 e. The first-order chi connectivity index (χ1) is 22.7. The van der Waals surface area contributed by atoms with Crippen molar-refractivity contribution in [3.8, 4) is 5.75 Å². The number of rotatable bonds is 10. The van der Waals surface area contributed by atoms with Crippen LogP contribution >= 0.6 is 0 Å². The van der Waals surface area contributed by atoms with Crippen molar-refractivity contribution in [3.63, 3.8) is 0 Å². The van der Waals surface area contributed by atoms with Crippen molar-refractivity contribution in [2.45, 2.75) is 76.0 Å². The molecule has 0 spiro atoms. The monoisotopic (exact) mass is 655 g/mol. The van der Waals surface area contributed by atoms with Gasteiger partial charge in [0.1, 0.15) is 5.75 Å². The average Bonchev–Trinajstić information content (AvgIpc) is 3.41. The third-order valence-electron chi connectivity index (χ3n) is 10.9. The van der Waals surface area contributed by atoms with E-state index < -0.39 is 8.07 Å². The SMILES string of the molecule is COc1ccc([Si](C)(C)[C@H]2[C@H](C)[C@H](CCc3ccc(N4CCNCC4=O)cc3)O[C@@H]2CC(=O)N2Cc3ccccc3C[C@H]2CO)cc1. The van der Waals surface area contributed by atoms with Gasteiger partial charge in [-0.05, 0) is 71.7 Å². The number of nitrogens with one attached hydrogen (secondary N) is 1. The molecular formula is C38H49N3O5Si. The van der Waals surface area contributed by atoms with Gasteiger partial charge in [-0.15, -0.1) is 0 Å². The Morgan fingerprint density at radius 1 is 1.02 bits per heavy atom. The molecule has 0 aliphatic carbocycles. The lowest BCUT2D eigenvalue weighted by molar-refractivity contribution is -0.138. The van der Waals surface area contributed by atoms with Gasteiger partial charge in [-0.2, -0.15) is 0 Å². The van der Waals surface area contributed by atoms with Crippen LogP contribution in [0.3, 0.4) is 0 Å². The molecule has 47 heavy (non-hydrogen) atoms. The number of nitrogens with zero attached hydrogens (tertiary/aromatic N) is 2. The Bertz CT molecular complexity index is 1550. The van der Waals surface area contributed by atoms with E-state index in [0.29, 0.717) is 32.5 Å². The first-order valence-electron chi connectivity index (χ1n) is 17.1. The number of methoxy groups -OCH3 is 1. The second-order valence-corrected chi connectivity index (χ2v) is 18.7. The van der Waals surface area contributed by atoms with Gasteiger partial charge in [-0.3, -0.25) is 9.59 Å². The van der Waals surface area contributed by atoms with Gasteiger partial charge in [0, 0.05) is 25.3 Å². The lowest BCUT2D eigenvalue weighted by Crippen LogP contribution is -2.52. The van der Waals surface area contributed by atoms with Crippen LogP contribution in [0.2, 0.25) is 18.6 Å². The summed E-state index contributed by atoms with van der Waals surface area (Å²) in [5.74, 6) is 1.27. The van der Waals surface area contributed by atoms with Gasteiger partial charge in [0.05, 0.1) is 53.0 Å². The number of carbonyl (C=O) groups is 2. The number of aryl methyl sites for hydroxylation is 1. The predicted molar refractivity (Wildman–Crippen MR) is 188 cm³/mol. The van der Waals surface area contributed by atoms with E-state index in [2.05, 4.69) is 73.9 Å². The third kappa shape index (κ3) is 7.04. The molecule has 3 aliphatic heterocycles. The summed E-state index contributed by atoms with van der Waals surface area (Å²) >= 11 is 0. The Labute approximate surface area is 280 Å². The van der Waals surface area contributed by atoms with E-state index in [1.165, 1.54) is 16.3 Å². The topological polar surface area (TPSA) is 91.3 Å². The summed E-state index contributed by atoms with van der Waals surface area (Å²) in [7, 11) is -0.446. The minimum Gasteiger partial charge on any atom is -0.497 e. The highest BCUT2D eigenvalue weighted by molar-refractivity contribution is 6.91. The van der Waals surface area contributed by atoms with E-state index in [0.717, 1.165) is 36.4 Å². The van der Waals surface area contributed by atoms with Crippen LogP contribution < -0.4 is 20.1 Å². The van der Waals surface area contributed by atoms with Gasteiger partial charge in [0.25, 0.3) is 0 Å². The van der Waals surface area contributed by atoms with Gasteiger partial charge in [-0.1, -0.05) is 73.7 Å². The minimum absolute atomic E-state index is 0.0213. The summed E-state index contributed by atoms with van der Waals surface area (Å²) in [6.45, 7) is 9.45. The Balaban J connectivity index is 1.20. The maximum Gasteiger partial charge on any atom is 0.240 e. The zero-order chi connectivity index (χ0) is 33.1. The number of benzene rings is 3. The van der Waals surface area contributed by atoms with Gasteiger partial charge in [0.15, 0.2) is 0 Å². The number of carbonyl (C=O) groups excluding carboxylic acids is 2. The molecule has 0 aromatic heterocycles. The van der Waals surface area contributed by atoms with Crippen LogP contribution in [0.25, 0.3) is 0 Å². The van der Waals surface area contributed by atoms with Gasteiger partial charge in [-0.25, -0.2) is 0 Å². The van der Waals surface area contributed by atoms with Crippen LogP contribution in [0.1, 0.15) is 36.5 Å². The first-order valence-corrected chi connectivity index (χ1v) is 20.1. The number of piperazine rings is 1. The molecule has 5 atom stereocenters. The van der Waals surface area contributed by atoms with Crippen molar-refractivity contribution in [3.05, 3.63) is 89.5 Å². The summed E-state index contributed by atoms with van der Waals surface area (Å²) in [5, 5.41) is 14.7. The van der Waals surface area contributed by atoms with Crippen molar-refractivity contribution >= 4 is 30.8 Å². The highest BCUT2D eigenvalue weighted by atomic mass is 28.3. The Kier molecular flexibility index (Phi) is 10.2. The lowest BCUT2D eigenvalue weighted by atomic mass is 9.93. The Hall–Kier alpha value is -3.50. The molecule has 3 aromatic rings. The van der Waals surface area contributed by atoms with E-state index in [4.69, 9.17) is 9.47 Å². The highest BCUT2D eigenvalue weighted by Crippen LogP contribution is 2.47. The normalized spacial score (nSPS) is 24.7. The molecule has 2 saturated heterocycles. The summed E-state index contributed by atoms with van der Waals surface area (Å²) in [5.41, 5.74) is 4.75. The molecule has 0 bridgehead atoms. The minimum atomic E-state index is -2.13. The highest BCUT2D eigenvalue weighted by Gasteiger charge is 2.51. The molecule has 3 aromatic carbocycles. The van der Waals surface area contributed by atoms with Gasteiger partial charge >= 0.3 is 0 Å². The van der Waals surface area contributed by atoms with Crippen molar-refractivity contribution in [2.24, 2.45) is 5.92 Å². The summed E-state index contributed by atoms with van der Waals surface area (Å²) < 4.78 is 12.4. The van der Waals surface area contributed by atoms with Crippen molar-refractivity contribution in [1.82, 2.24) is 10.2 Å². The Morgan fingerprint density at radius 2 is 1.74 bits per heavy atom. The maximum absolute atomic E-state index is 14.1. The van der Waals surface area contributed by atoms with Gasteiger partial charge < -0.3 is 29.7 Å². The predicted octanol–water partition coefficient (Wildman–Crippen LogP) is 4.29. The fourth-order valence-corrected chi connectivity index (χ4v) is 12.3. The van der Waals surface area contributed by atoms with E-state index >= 15 is 0 Å². The molecule has 2 fully saturated rings. The van der Waals surface area contributed by atoms with Crippen LogP contribution in [0.4, 0.5) is 5.69 Å². The summed E-state index contributed by atoms with van der Waals surface area (Å²) in [6.07, 6.45) is 2.51. The van der Waals surface area contributed by atoms with Crippen molar-refractivity contribution < 1.29 is 24.2 Å². The van der Waals surface area contributed by atoms with E-state index in [1.807, 2.05) is 34.1 Å². The second kappa shape index (κ2) is 14.3. The molecule has 2 N–H and O–H groups in total. The van der Waals surface area contributed by atoms with Crippen molar-refractivity contribution in [2.75, 3.05) is 38.3 Å². The van der Waals surface area contributed by atoms with E-state index in [1.54, 1.807) is 7.11 Å². The fraction of sp³-hybridized carbons (Fsp3) is 0.474. The zero-order valence-corrected chi connectivity index (χ0v) is 29.2. The molecule has 9 heteroatoms. The van der Waals surface area contributed by atoms with Gasteiger partial charge in [0.2, 0.25) is 11.8 Å². The Morgan fingerprint density at radius 3 is 2.43 bits per heavy atom. The molecular weight excluding hydrogens is 607 g/mol. The lowest BCUT2D eigenvalue weighted by Gasteiger charge is -2.39. The molecule has 0 saturated carbocycles. The van der Waals surface area contributed by atoms with E-state index in [-0.39, 0.29) is 48.1 Å². The molecule has 6 rings (SSSR count). The zero-order valence-electron chi connectivity index (χ0n) is 28.2. The van der Waals surface area contributed by atoms with Crippen LogP contribution in [-0.4, -0.2) is 81.5 Å². The number of ether oxygens (including phenoxy) is 2. The van der Waals surface area contributed by atoms with Crippen LogP contribution in [0.5, 0.6) is 5.75 Å². The molecule has 8 nitrogen and oxygen atoms in total. The average molecular weight is 656 g/mol. The first kappa shape index (κ1) is 33.4. The molecule has 3 aliphatic rings. The number of hydrogen-bond acceptors (Lipinski definition) is 6. The number of fused-ring (bicyclic) bond motifs is 1. The largest absolute Gasteiger partial charge is 0.497 e. The molecule has 0 radical (unpaired) electrons. The number of anilines is 1. The molecule has 0 unspecified atom stereocenters. The number of aliphatic hydroxyl groups is 1. The maximum atomic E-state index is 14.1. The summed E-state index contributed by atoms with van der Waals surface area (Å²) in [6, 6.07) is 24.8. The summed E-state index contributed by atoms with van der Waals surface area (Å²) in [4.78, 5) is 30.2. The van der Waals surface area contributed by atoms with Crippen LogP contribution in [0, 0.1) is 5.92 Å². The number of amides is 2. The fourth-order valence-electron chi connectivity index (χ4n) is 8.21. The second-order valence-electron chi connectivity index (χ2n) is 14.0. The quantitative estimate of drug-likeness (QED) is 0.317. The van der Waals surface area contributed by atoms with Crippen molar-refractivity contribution in [1.29, 1.82) is 0 Å². The van der Waals surface area contributed by atoms with Crippen LogP contribution in [0.15, 0.2) is 72.8 Å².